The highest BCUT2D eigenvalue weighted by Crippen LogP contribution is 1.97. The Balaban J connectivity index is 3.00. The molecule has 1 rings (SSSR count). The van der Waals surface area contributed by atoms with E-state index in [2.05, 4.69) is 11.9 Å². The molecule has 0 spiro atoms. The summed E-state index contributed by atoms with van der Waals surface area (Å²) < 4.78 is 0. The lowest BCUT2D eigenvalue weighted by molar-refractivity contribution is 1.86. The first-order valence-electron chi connectivity index (χ1n) is 1.76. The van der Waals surface area contributed by atoms with Crippen molar-refractivity contribution in [3.63, 3.8) is 0 Å². The molecule has 1 heteroatoms. The summed E-state index contributed by atoms with van der Waals surface area (Å²) in [5.74, 6) is 4.04. The Kier molecular flexibility index (Phi) is 1.24. The van der Waals surface area contributed by atoms with Crippen LogP contribution in [-0.4, -0.2) is 0 Å². The Morgan fingerprint density at radius 3 is 2.67 bits per heavy atom. The van der Waals surface area contributed by atoms with Crippen molar-refractivity contribution in [2.45, 2.75) is 0 Å². The highest BCUT2D eigenvalue weighted by Gasteiger charge is 1.59. The van der Waals surface area contributed by atoms with Crippen LogP contribution in [0, 0.1) is 6.07 Å². The molecular weight excluding hydrogens is 91.0 g/mol. The minimum Gasteiger partial charge on any atom is -0.0758 e. The number of rotatable bonds is 0. The van der Waals surface area contributed by atoms with E-state index in [0.717, 1.165) is 0 Å². The fraction of sp³-hybridized carbons (Fsp3) is 0. The van der Waals surface area contributed by atoms with Gasteiger partial charge in [-0.25, -0.2) is 0 Å². The second-order valence-electron chi connectivity index (χ2n) is 0.953. The molecule has 0 saturated carbocycles. The number of hydrogen-bond acceptors (Lipinski definition) is 0. The summed E-state index contributed by atoms with van der Waals surface area (Å²) in [6, 6.07) is 6.82. The normalized spacial score (nSPS) is 8.00. The molecular formula is C5H4P. The van der Waals surface area contributed by atoms with E-state index in [1.807, 2.05) is 17.9 Å². The highest BCUT2D eigenvalue weighted by atomic mass is 31.0. The molecule has 0 N–H and O–H groups in total. The molecule has 0 aliphatic heterocycles. The van der Waals surface area contributed by atoms with Crippen LogP contribution in [0.15, 0.2) is 23.7 Å². The summed E-state index contributed by atoms with van der Waals surface area (Å²) in [6.07, 6.45) is 0. The van der Waals surface area contributed by atoms with Gasteiger partial charge in [0.1, 0.15) is 0 Å². The fourth-order valence-electron chi connectivity index (χ4n) is 0.277. The van der Waals surface area contributed by atoms with Gasteiger partial charge in [0, 0.05) is 0 Å². The largest absolute Gasteiger partial charge is 0.0758 e. The summed E-state index contributed by atoms with van der Waals surface area (Å²) in [7, 11) is 1.25. The van der Waals surface area contributed by atoms with E-state index < -0.39 is 0 Å². The van der Waals surface area contributed by atoms with Crippen LogP contribution in [0.4, 0.5) is 0 Å². The molecule has 0 nitrogen and oxygen atoms in total. The molecule has 1 aromatic rings. The van der Waals surface area contributed by atoms with Crippen LogP contribution < -0.4 is 0 Å². The highest BCUT2D eigenvalue weighted by molar-refractivity contribution is 7.28. The van der Waals surface area contributed by atoms with E-state index in [0.29, 0.717) is 0 Å². The molecule has 0 atom stereocenters. The molecule has 0 aliphatic rings. The van der Waals surface area contributed by atoms with Gasteiger partial charge in [-0.15, -0.1) is 0 Å². The van der Waals surface area contributed by atoms with Crippen molar-refractivity contribution in [1.29, 1.82) is 0 Å². The minimum atomic E-state index is 1.25. The molecule has 0 unspecified atom stereocenters. The van der Waals surface area contributed by atoms with E-state index in [1.54, 1.807) is 0 Å². The molecule has 1 radical (unpaired) electrons. The van der Waals surface area contributed by atoms with E-state index >= 15 is 0 Å². The zero-order valence-electron chi connectivity index (χ0n) is 3.26. The summed E-state index contributed by atoms with van der Waals surface area (Å²) in [6.45, 7) is 0. The Morgan fingerprint density at radius 1 is 1.50 bits per heavy atom. The van der Waals surface area contributed by atoms with Crippen molar-refractivity contribution in [2.75, 3.05) is 0 Å². The standard InChI is InChI=1S/C5H4P/c1-2-4-6-5-3-1/h1-2,4-5H. The molecule has 0 amide bonds. The maximum atomic E-state index is 2.94. The molecule has 0 saturated heterocycles. The number of hydrogen-bond donors (Lipinski definition) is 0. The van der Waals surface area contributed by atoms with Gasteiger partial charge in [-0.05, 0) is 17.7 Å². The third-order valence-corrected chi connectivity index (χ3v) is 1.16. The maximum Gasteiger partial charge on any atom is -0.0135 e. The van der Waals surface area contributed by atoms with E-state index in [4.69, 9.17) is 0 Å². The van der Waals surface area contributed by atoms with Gasteiger partial charge in [-0.3, -0.25) is 0 Å². The van der Waals surface area contributed by atoms with Gasteiger partial charge in [-0.2, -0.15) is 0 Å². The van der Waals surface area contributed by atoms with Crippen molar-refractivity contribution < 1.29 is 0 Å². The monoisotopic (exact) mass is 95.0 g/mol. The summed E-state index contributed by atoms with van der Waals surface area (Å²) in [5.41, 5.74) is 0. The first-order valence-corrected chi connectivity index (χ1v) is 2.79. The van der Waals surface area contributed by atoms with Crippen molar-refractivity contribution in [1.82, 2.24) is 0 Å². The Morgan fingerprint density at radius 2 is 2.50 bits per heavy atom. The van der Waals surface area contributed by atoms with Gasteiger partial charge in [0.05, 0.1) is 0 Å². The van der Waals surface area contributed by atoms with Crippen molar-refractivity contribution in [2.24, 2.45) is 0 Å². The topological polar surface area (TPSA) is 0 Å². The van der Waals surface area contributed by atoms with Gasteiger partial charge in [0.15, 0.2) is 0 Å². The molecule has 0 bridgehead atoms. The Hall–Kier alpha value is -0.350. The van der Waals surface area contributed by atoms with E-state index in [-0.39, 0.29) is 0 Å². The summed E-state index contributed by atoms with van der Waals surface area (Å²) in [5, 5.41) is 0. The zero-order chi connectivity index (χ0) is 4.24. The van der Waals surface area contributed by atoms with Gasteiger partial charge in [-0.1, -0.05) is 20.3 Å². The first kappa shape index (κ1) is 3.83. The van der Waals surface area contributed by atoms with Crippen molar-refractivity contribution in [3.05, 3.63) is 29.8 Å². The SMILES string of the molecule is [c]1cccpc1. The predicted molar refractivity (Wildman–Crippen MR) is 27.8 cm³/mol. The van der Waals surface area contributed by atoms with Crippen LogP contribution in [0.1, 0.15) is 0 Å². The van der Waals surface area contributed by atoms with Gasteiger partial charge in [0.25, 0.3) is 0 Å². The second kappa shape index (κ2) is 1.94. The lowest BCUT2D eigenvalue weighted by Gasteiger charge is -1.68. The molecule has 0 aliphatic carbocycles. The smallest absolute Gasteiger partial charge is 0.0135 e. The van der Waals surface area contributed by atoms with E-state index in [1.165, 1.54) is 8.19 Å². The van der Waals surface area contributed by atoms with Gasteiger partial charge in [0.2, 0.25) is 0 Å². The minimum absolute atomic E-state index is 1.25. The lowest BCUT2D eigenvalue weighted by Crippen LogP contribution is -1.41. The molecule has 29 valence electrons. The van der Waals surface area contributed by atoms with Crippen LogP contribution in [0.5, 0.6) is 0 Å². The van der Waals surface area contributed by atoms with Crippen LogP contribution in [0.2, 0.25) is 0 Å². The lowest BCUT2D eigenvalue weighted by atomic mass is 10.6. The molecule has 0 fully saturated rings. The summed E-state index contributed by atoms with van der Waals surface area (Å²) in [4.78, 5) is 0. The fourth-order valence-corrected chi connectivity index (χ4v) is 0.721. The van der Waals surface area contributed by atoms with Crippen molar-refractivity contribution >= 4 is 8.19 Å². The third kappa shape index (κ3) is 0.803. The van der Waals surface area contributed by atoms with Crippen LogP contribution in [0.3, 0.4) is 0 Å². The molecule has 1 heterocycles. The average Bonchev–Trinajstić information content (AvgIpc) is 1.72. The molecule has 1 aromatic heterocycles. The van der Waals surface area contributed by atoms with Crippen molar-refractivity contribution in [3.8, 4) is 0 Å². The van der Waals surface area contributed by atoms with Gasteiger partial charge < -0.3 is 0 Å². The molecule has 6 heavy (non-hydrogen) atoms. The Bertz CT molecular complexity index is 75.9. The van der Waals surface area contributed by atoms with Gasteiger partial charge >= 0.3 is 0 Å². The average molecular weight is 95.1 g/mol. The third-order valence-electron chi connectivity index (χ3n) is 0.514. The second-order valence-corrected chi connectivity index (χ2v) is 1.81. The maximum absolute atomic E-state index is 2.94. The quantitative estimate of drug-likeness (QED) is 0.462. The first-order chi connectivity index (χ1) is 3.00. The molecule has 0 aromatic carbocycles. The van der Waals surface area contributed by atoms with Crippen LogP contribution in [-0.2, 0) is 0 Å². The van der Waals surface area contributed by atoms with E-state index in [9.17, 15) is 0 Å². The van der Waals surface area contributed by atoms with Crippen LogP contribution in [0.25, 0.3) is 0 Å². The van der Waals surface area contributed by atoms with Crippen LogP contribution >= 0.6 is 8.19 Å². The predicted octanol–water partition coefficient (Wildman–Crippen LogP) is 2.07. The zero-order valence-corrected chi connectivity index (χ0v) is 4.15. The summed E-state index contributed by atoms with van der Waals surface area (Å²) >= 11 is 0. The Labute approximate surface area is 38.9 Å².